The molecule has 0 radical (unpaired) electrons. The Bertz CT molecular complexity index is 612. The maximum Gasteiger partial charge on any atom is 0.147 e. The molecule has 1 heterocycles. The molecular weight excluding hydrogens is 407 g/mol. The Morgan fingerprint density at radius 2 is 1.90 bits per heavy atom. The van der Waals surface area contributed by atoms with Gasteiger partial charge in [-0.1, -0.05) is 11.6 Å². The fraction of sp³-hybridized carbons (Fsp3) is 0.214. The molecule has 0 fully saturated rings. The van der Waals surface area contributed by atoms with Crippen LogP contribution in [-0.4, -0.2) is 12.1 Å². The molecule has 2 rings (SSSR count). The number of hydrogen-bond acceptors (Lipinski definition) is 3. The number of ether oxygens (including phenoxy) is 1. The highest BCUT2D eigenvalue weighted by atomic mass is 79.9. The Morgan fingerprint density at radius 1 is 1.25 bits per heavy atom. The van der Waals surface area contributed by atoms with Crippen molar-refractivity contribution >= 4 is 49.1 Å². The number of hydrogen-bond donors (Lipinski definition) is 1. The maximum absolute atomic E-state index is 5.84. The summed E-state index contributed by atoms with van der Waals surface area (Å²) in [5.74, 6) is 0.790. The van der Waals surface area contributed by atoms with E-state index in [1.54, 1.807) is 13.2 Å². The second-order valence-corrected chi connectivity index (χ2v) is 6.31. The molecule has 1 aromatic heterocycles. The Balaban J connectivity index is 2.15. The van der Waals surface area contributed by atoms with Crippen LogP contribution in [0.25, 0.3) is 0 Å². The molecule has 0 unspecified atom stereocenters. The Hall–Kier alpha value is -0.780. The lowest BCUT2D eigenvalue weighted by Crippen LogP contribution is -2.02. The van der Waals surface area contributed by atoms with E-state index in [0.29, 0.717) is 11.7 Å². The summed E-state index contributed by atoms with van der Waals surface area (Å²) < 4.78 is 7.12. The van der Waals surface area contributed by atoms with Crippen LogP contribution in [0.2, 0.25) is 5.15 Å². The van der Waals surface area contributed by atoms with Gasteiger partial charge in [0.15, 0.2) is 0 Å². The summed E-state index contributed by atoms with van der Waals surface area (Å²) in [7, 11) is 1.64. The number of aryl methyl sites for hydroxylation is 1. The van der Waals surface area contributed by atoms with Gasteiger partial charge in [0.05, 0.1) is 27.4 Å². The highest BCUT2D eigenvalue weighted by Crippen LogP contribution is 2.34. The van der Waals surface area contributed by atoms with Crippen LogP contribution in [-0.2, 0) is 6.54 Å². The number of nitrogens with one attached hydrogen (secondary N) is 1. The van der Waals surface area contributed by atoms with Gasteiger partial charge in [0.2, 0.25) is 0 Å². The number of benzene rings is 1. The first kappa shape index (κ1) is 15.6. The lowest BCUT2D eigenvalue weighted by atomic mass is 10.2. The zero-order chi connectivity index (χ0) is 14.7. The smallest absolute Gasteiger partial charge is 0.147 e. The molecule has 0 saturated carbocycles. The van der Waals surface area contributed by atoms with Crippen molar-refractivity contribution in [2.24, 2.45) is 0 Å². The standard InChI is InChI=1S/C14H13Br2ClN2O/c1-8-12(3-4-13(17)19-8)18-7-9-5-10(15)14(20-2)11(16)6-9/h3-6,18H,7H2,1-2H3. The van der Waals surface area contributed by atoms with Gasteiger partial charge in [-0.25, -0.2) is 4.98 Å². The number of methoxy groups -OCH3 is 1. The van der Waals surface area contributed by atoms with Crippen LogP contribution < -0.4 is 10.1 Å². The van der Waals surface area contributed by atoms with Crippen molar-refractivity contribution < 1.29 is 4.74 Å². The molecule has 20 heavy (non-hydrogen) atoms. The second-order valence-electron chi connectivity index (χ2n) is 4.21. The van der Waals surface area contributed by atoms with Crippen molar-refractivity contribution in [3.63, 3.8) is 0 Å². The van der Waals surface area contributed by atoms with Crippen molar-refractivity contribution in [3.8, 4) is 5.75 Å². The lowest BCUT2D eigenvalue weighted by Gasteiger charge is -2.12. The van der Waals surface area contributed by atoms with Crippen LogP contribution in [0.1, 0.15) is 11.3 Å². The number of pyridine rings is 1. The third kappa shape index (κ3) is 3.65. The van der Waals surface area contributed by atoms with E-state index >= 15 is 0 Å². The van der Waals surface area contributed by atoms with Crippen molar-refractivity contribution in [1.29, 1.82) is 0 Å². The molecule has 6 heteroatoms. The molecule has 0 saturated heterocycles. The van der Waals surface area contributed by atoms with Gasteiger partial charge in [-0.15, -0.1) is 0 Å². The fourth-order valence-electron chi connectivity index (χ4n) is 1.82. The summed E-state index contributed by atoms with van der Waals surface area (Å²) in [4.78, 5) is 4.21. The minimum atomic E-state index is 0.503. The van der Waals surface area contributed by atoms with Crippen molar-refractivity contribution in [1.82, 2.24) is 4.98 Å². The summed E-state index contributed by atoms with van der Waals surface area (Å²) >= 11 is 12.8. The number of aromatic nitrogens is 1. The predicted octanol–water partition coefficient (Wildman–Crippen LogP) is 5.19. The van der Waals surface area contributed by atoms with E-state index in [-0.39, 0.29) is 0 Å². The van der Waals surface area contributed by atoms with Gasteiger partial charge in [0.25, 0.3) is 0 Å². The van der Waals surface area contributed by atoms with Crippen LogP contribution in [0, 0.1) is 6.92 Å². The molecule has 3 nitrogen and oxygen atoms in total. The average Bonchev–Trinajstić information content (AvgIpc) is 2.37. The van der Waals surface area contributed by atoms with Gasteiger partial charge in [-0.05, 0) is 68.6 Å². The molecule has 0 aliphatic rings. The molecule has 2 aromatic rings. The van der Waals surface area contributed by atoms with E-state index in [0.717, 1.165) is 31.6 Å². The molecule has 0 spiro atoms. The molecule has 0 bridgehead atoms. The number of nitrogens with zero attached hydrogens (tertiary/aromatic N) is 1. The average molecular weight is 421 g/mol. The van der Waals surface area contributed by atoms with E-state index in [4.69, 9.17) is 16.3 Å². The molecule has 0 aliphatic carbocycles. The molecule has 0 aliphatic heterocycles. The van der Waals surface area contributed by atoms with Crippen LogP contribution in [0.3, 0.4) is 0 Å². The first-order chi connectivity index (χ1) is 9.51. The van der Waals surface area contributed by atoms with E-state index in [9.17, 15) is 0 Å². The highest BCUT2D eigenvalue weighted by Gasteiger charge is 2.08. The Kier molecular flexibility index (Phi) is 5.29. The van der Waals surface area contributed by atoms with Gasteiger partial charge in [-0.2, -0.15) is 0 Å². The minimum absolute atomic E-state index is 0.503. The van der Waals surface area contributed by atoms with Crippen molar-refractivity contribution in [2.45, 2.75) is 13.5 Å². The van der Waals surface area contributed by atoms with Gasteiger partial charge >= 0.3 is 0 Å². The van der Waals surface area contributed by atoms with Crippen molar-refractivity contribution in [2.75, 3.05) is 12.4 Å². The van der Waals surface area contributed by atoms with Crippen LogP contribution >= 0.6 is 43.5 Å². The van der Waals surface area contributed by atoms with Gasteiger partial charge < -0.3 is 10.1 Å². The largest absolute Gasteiger partial charge is 0.494 e. The van der Waals surface area contributed by atoms with E-state index in [1.165, 1.54) is 0 Å². The zero-order valence-corrected chi connectivity index (χ0v) is 14.9. The highest BCUT2D eigenvalue weighted by molar-refractivity contribution is 9.11. The Labute approximate surface area is 140 Å². The summed E-state index contributed by atoms with van der Waals surface area (Å²) in [6, 6.07) is 7.75. The monoisotopic (exact) mass is 418 g/mol. The summed E-state index contributed by atoms with van der Waals surface area (Å²) in [6.07, 6.45) is 0. The first-order valence-corrected chi connectivity index (χ1v) is 7.86. The van der Waals surface area contributed by atoms with E-state index in [2.05, 4.69) is 42.2 Å². The zero-order valence-electron chi connectivity index (χ0n) is 11.0. The van der Waals surface area contributed by atoms with Crippen LogP contribution in [0.4, 0.5) is 5.69 Å². The summed E-state index contributed by atoms with van der Waals surface area (Å²) in [5, 5.41) is 3.85. The molecule has 1 aromatic carbocycles. The third-order valence-corrected chi connectivity index (χ3v) is 4.19. The minimum Gasteiger partial charge on any atom is -0.494 e. The number of rotatable bonds is 4. The Morgan fingerprint density at radius 3 is 2.45 bits per heavy atom. The van der Waals surface area contributed by atoms with Crippen LogP contribution in [0.5, 0.6) is 5.75 Å². The third-order valence-electron chi connectivity index (χ3n) is 2.80. The van der Waals surface area contributed by atoms with Gasteiger partial charge in [0.1, 0.15) is 10.9 Å². The molecule has 1 N–H and O–H groups in total. The first-order valence-electron chi connectivity index (χ1n) is 5.90. The number of anilines is 1. The second kappa shape index (κ2) is 6.78. The number of halogens is 3. The SMILES string of the molecule is COc1c(Br)cc(CNc2ccc(Cl)nc2C)cc1Br. The molecule has 0 atom stereocenters. The maximum atomic E-state index is 5.84. The topological polar surface area (TPSA) is 34.1 Å². The quantitative estimate of drug-likeness (QED) is 0.692. The lowest BCUT2D eigenvalue weighted by molar-refractivity contribution is 0.409. The fourth-order valence-corrected chi connectivity index (χ4v) is 3.62. The van der Waals surface area contributed by atoms with Gasteiger partial charge in [0, 0.05) is 6.54 Å². The van der Waals surface area contributed by atoms with Crippen LogP contribution in [0.15, 0.2) is 33.2 Å². The summed E-state index contributed by atoms with van der Waals surface area (Å²) in [6.45, 7) is 2.61. The molecule has 106 valence electrons. The molecular formula is C14H13Br2ClN2O. The van der Waals surface area contributed by atoms with Gasteiger partial charge in [-0.3, -0.25) is 0 Å². The van der Waals surface area contributed by atoms with E-state index in [1.807, 2.05) is 25.1 Å². The normalized spacial score (nSPS) is 10.4. The predicted molar refractivity (Wildman–Crippen MR) is 89.7 cm³/mol. The van der Waals surface area contributed by atoms with Crippen molar-refractivity contribution in [3.05, 3.63) is 49.6 Å². The molecule has 0 amide bonds. The van der Waals surface area contributed by atoms with E-state index < -0.39 is 0 Å². The summed E-state index contributed by atoms with van der Waals surface area (Å²) in [5.41, 5.74) is 2.97.